The average molecular weight is 633 g/mol. The number of nitrogens with zero attached hydrogens (tertiary/aromatic N) is 4. The molecule has 0 aliphatic rings. The van der Waals surface area contributed by atoms with Crippen LogP contribution in [-0.2, 0) is 19.3 Å². The number of thiophene rings is 1. The minimum absolute atomic E-state index is 0.0697. The van der Waals surface area contributed by atoms with Crippen molar-refractivity contribution >= 4 is 67.8 Å². The maximum atomic E-state index is 13.1. The van der Waals surface area contributed by atoms with Crippen LogP contribution in [0.2, 0.25) is 0 Å². The summed E-state index contributed by atoms with van der Waals surface area (Å²) in [4.78, 5) is 52.2. The first-order chi connectivity index (χ1) is 22.2. The first kappa shape index (κ1) is 33.2. The van der Waals surface area contributed by atoms with Crippen molar-refractivity contribution in [3.8, 4) is 0 Å². The number of fused-ring (bicyclic) bond motifs is 1. The third-order valence-corrected chi connectivity index (χ3v) is 7.52. The first-order valence-corrected chi connectivity index (χ1v) is 15.0. The Kier molecular flexibility index (Phi) is 11.0. The molecule has 2 aromatic heterocycles. The Labute approximate surface area is 271 Å². The summed E-state index contributed by atoms with van der Waals surface area (Å²) in [5, 5.41) is 9.81. The van der Waals surface area contributed by atoms with Crippen LogP contribution in [0.4, 0.5) is 17.1 Å². The van der Waals surface area contributed by atoms with E-state index in [0.29, 0.717) is 28.2 Å². The van der Waals surface area contributed by atoms with E-state index < -0.39 is 11.9 Å². The summed E-state index contributed by atoms with van der Waals surface area (Å²) in [7, 11) is 0. The van der Waals surface area contributed by atoms with E-state index in [2.05, 4.69) is 28.4 Å². The second-order valence-electron chi connectivity index (χ2n) is 9.81. The van der Waals surface area contributed by atoms with Gasteiger partial charge in [0.25, 0.3) is 0 Å². The molecule has 0 aliphatic heterocycles. The van der Waals surface area contributed by atoms with E-state index in [1.807, 2.05) is 84.2 Å². The highest BCUT2D eigenvalue weighted by atomic mass is 32.1. The zero-order valence-electron chi connectivity index (χ0n) is 25.9. The standard InChI is InChI=1S/C34H28N4O5S.C2H4/c1-21(36-42-23(3)39)25-10-14-28(15-11-25)38(29-16-12-27(13-17-29)33(41)26-8-6-5-7-9-26)32-20-31(22(2)37-43-24(4)40)35-30-18-19-44-34(30)32;1-2/h5-20H,1-4H3;1-2H2/b36-21-,37-22-;. The summed E-state index contributed by atoms with van der Waals surface area (Å²) in [6.45, 7) is 12.1. The molecule has 0 atom stereocenters. The number of hydrogen-bond acceptors (Lipinski definition) is 10. The molecule has 0 spiro atoms. The van der Waals surface area contributed by atoms with Gasteiger partial charge in [-0.1, -0.05) is 52.8 Å². The Hall–Kier alpha value is -5.74. The van der Waals surface area contributed by atoms with Gasteiger partial charge in [-0.25, -0.2) is 14.6 Å². The third kappa shape index (κ3) is 7.85. The number of hydrogen-bond donors (Lipinski definition) is 0. The molecule has 0 amide bonds. The molecule has 5 aromatic rings. The van der Waals surface area contributed by atoms with Crippen LogP contribution in [0.25, 0.3) is 10.2 Å². The number of benzene rings is 3. The fourth-order valence-electron chi connectivity index (χ4n) is 4.45. The van der Waals surface area contributed by atoms with Crippen molar-refractivity contribution < 1.29 is 24.1 Å². The minimum Gasteiger partial charge on any atom is -0.318 e. The van der Waals surface area contributed by atoms with E-state index in [0.717, 1.165) is 32.8 Å². The maximum Gasteiger partial charge on any atom is 0.331 e. The van der Waals surface area contributed by atoms with Crippen molar-refractivity contribution in [1.82, 2.24) is 4.98 Å². The van der Waals surface area contributed by atoms with E-state index >= 15 is 0 Å². The predicted molar refractivity (Wildman–Crippen MR) is 183 cm³/mol. The van der Waals surface area contributed by atoms with Crippen LogP contribution in [0.3, 0.4) is 0 Å². The van der Waals surface area contributed by atoms with E-state index in [1.165, 1.54) is 13.8 Å². The van der Waals surface area contributed by atoms with E-state index in [-0.39, 0.29) is 5.78 Å². The molecule has 0 unspecified atom stereocenters. The van der Waals surface area contributed by atoms with E-state index in [4.69, 9.17) is 14.7 Å². The Morgan fingerprint density at radius 3 is 1.78 bits per heavy atom. The lowest BCUT2D eigenvalue weighted by Gasteiger charge is -2.27. The Morgan fingerprint density at radius 1 is 0.696 bits per heavy atom. The molecule has 2 heterocycles. The molecule has 3 aromatic carbocycles. The Bertz CT molecular complexity index is 1910. The van der Waals surface area contributed by atoms with Crippen LogP contribution in [0.1, 0.15) is 54.9 Å². The molecule has 0 saturated heterocycles. The first-order valence-electron chi connectivity index (χ1n) is 14.1. The van der Waals surface area contributed by atoms with Crippen LogP contribution in [0, 0.1) is 0 Å². The highest BCUT2D eigenvalue weighted by Crippen LogP contribution is 2.41. The van der Waals surface area contributed by atoms with Gasteiger partial charge in [0.15, 0.2) is 5.78 Å². The van der Waals surface area contributed by atoms with Gasteiger partial charge < -0.3 is 14.6 Å². The smallest absolute Gasteiger partial charge is 0.318 e. The molecule has 0 bridgehead atoms. The SMILES string of the molecule is C=C.CC(=O)O/N=C(/C)c1ccc(N(c2ccc(C(=O)c3ccccc3)cc2)c2cc(/C(C)=N\OC(C)=O)nc3ccsc23)cc1. The highest BCUT2D eigenvalue weighted by molar-refractivity contribution is 7.17. The van der Waals surface area contributed by atoms with Gasteiger partial charge in [-0.15, -0.1) is 24.5 Å². The molecule has 0 aliphatic carbocycles. The monoisotopic (exact) mass is 632 g/mol. The van der Waals surface area contributed by atoms with Gasteiger partial charge in [0.2, 0.25) is 0 Å². The number of pyridine rings is 1. The van der Waals surface area contributed by atoms with Crippen LogP contribution in [0.5, 0.6) is 0 Å². The number of rotatable bonds is 9. The van der Waals surface area contributed by atoms with Gasteiger partial charge in [0, 0.05) is 36.3 Å². The second-order valence-corrected chi connectivity index (χ2v) is 10.7. The van der Waals surface area contributed by atoms with Crippen molar-refractivity contribution in [2.75, 3.05) is 4.90 Å². The minimum atomic E-state index is -0.527. The van der Waals surface area contributed by atoms with Crippen molar-refractivity contribution in [2.45, 2.75) is 27.7 Å². The van der Waals surface area contributed by atoms with Crippen molar-refractivity contribution in [3.05, 3.63) is 132 Å². The Balaban J connectivity index is 0.00000235. The molecular formula is C36H32N4O5S. The van der Waals surface area contributed by atoms with Crippen molar-refractivity contribution in [3.63, 3.8) is 0 Å². The lowest BCUT2D eigenvalue weighted by molar-refractivity contribution is -0.141. The van der Waals surface area contributed by atoms with Gasteiger partial charge in [-0.3, -0.25) is 4.79 Å². The topological polar surface area (TPSA) is 111 Å². The van der Waals surface area contributed by atoms with Crippen LogP contribution < -0.4 is 4.90 Å². The van der Waals surface area contributed by atoms with Crippen LogP contribution in [0.15, 0.2) is 120 Å². The Morgan fingerprint density at radius 2 is 1.22 bits per heavy atom. The summed E-state index contributed by atoms with van der Waals surface area (Å²) in [5.41, 5.74) is 6.66. The quantitative estimate of drug-likeness (QED) is 0.0528. The number of carbonyl (C=O) groups excluding carboxylic acids is 3. The maximum absolute atomic E-state index is 13.1. The second kappa shape index (κ2) is 15.3. The van der Waals surface area contributed by atoms with Gasteiger partial charge in [-0.05, 0) is 73.3 Å². The molecule has 9 nitrogen and oxygen atoms in total. The van der Waals surface area contributed by atoms with Gasteiger partial charge >= 0.3 is 11.9 Å². The van der Waals surface area contributed by atoms with E-state index in [9.17, 15) is 14.4 Å². The lowest BCUT2D eigenvalue weighted by Crippen LogP contribution is -2.13. The number of aromatic nitrogens is 1. The molecular weight excluding hydrogens is 600 g/mol. The fraction of sp³-hybridized carbons (Fsp3) is 0.111. The summed E-state index contributed by atoms with van der Waals surface area (Å²) in [6, 6.07) is 28.0. The highest BCUT2D eigenvalue weighted by Gasteiger charge is 2.20. The zero-order chi connectivity index (χ0) is 33.2. The van der Waals surface area contributed by atoms with E-state index in [1.54, 1.807) is 37.3 Å². The predicted octanol–water partition coefficient (Wildman–Crippen LogP) is 8.37. The molecule has 232 valence electrons. The third-order valence-electron chi connectivity index (χ3n) is 6.59. The molecule has 0 radical (unpaired) electrons. The number of anilines is 3. The normalized spacial score (nSPS) is 11.3. The van der Waals surface area contributed by atoms with Crippen molar-refractivity contribution in [2.24, 2.45) is 10.3 Å². The number of carbonyl (C=O) groups is 3. The van der Waals surface area contributed by atoms with Crippen molar-refractivity contribution in [1.29, 1.82) is 0 Å². The number of ketones is 1. The molecule has 10 heteroatoms. The van der Waals surface area contributed by atoms with Crippen LogP contribution >= 0.6 is 11.3 Å². The molecule has 0 N–H and O–H groups in total. The van der Waals surface area contributed by atoms with Gasteiger partial charge in [0.05, 0.1) is 27.3 Å². The molecule has 5 rings (SSSR count). The summed E-state index contributed by atoms with van der Waals surface area (Å²) < 4.78 is 0.926. The molecule has 0 saturated carbocycles. The molecule has 0 fully saturated rings. The molecule has 46 heavy (non-hydrogen) atoms. The summed E-state index contributed by atoms with van der Waals surface area (Å²) in [6.07, 6.45) is 0. The van der Waals surface area contributed by atoms with Gasteiger partial charge in [0.1, 0.15) is 5.71 Å². The lowest BCUT2D eigenvalue weighted by atomic mass is 10.0. The largest absolute Gasteiger partial charge is 0.331 e. The average Bonchev–Trinajstić information content (AvgIpc) is 3.57. The zero-order valence-corrected chi connectivity index (χ0v) is 26.7. The summed E-state index contributed by atoms with van der Waals surface area (Å²) in [5.74, 6) is -1.09. The van der Waals surface area contributed by atoms with Crippen LogP contribution in [-0.4, -0.2) is 34.1 Å². The number of oxime groups is 2. The fourth-order valence-corrected chi connectivity index (χ4v) is 5.29. The van der Waals surface area contributed by atoms with Gasteiger partial charge in [-0.2, -0.15) is 0 Å². The summed E-state index contributed by atoms with van der Waals surface area (Å²) >= 11 is 1.54.